The number of carbonyl (C=O) groups excluding carboxylic acids is 1. The molecule has 0 spiro atoms. The maximum atomic E-state index is 11.2. The Hall–Kier alpha value is -1.88. The molecule has 17 heavy (non-hydrogen) atoms. The zero-order valence-corrected chi connectivity index (χ0v) is 9.86. The minimum Gasteiger partial charge on any atom is -0.468 e. The maximum Gasteiger partial charge on any atom is 0.323 e. The number of nitrogens with one attached hydrogen (secondary N) is 1. The van der Waals surface area contributed by atoms with Crippen molar-refractivity contribution >= 4 is 17.0 Å². The predicted molar refractivity (Wildman–Crippen MR) is 64.5 cm³/mol. The minimum atomic E-state index is -0.679. The quantitative estimate of drug-likeness (QED) is 0.772. The molecule has 2 aromatic rings. The molecule has 0 fully saturated rings. The number of H-pyrrole nitrogens is 1. The smallest absolute Gasteiger partial charge is 0.323 e. The Bertz CT molecular complexity index is 548. The molecule has 1 unspecified atom stereocenters. The number of carbonyl (C=O) groups is 1. The number of fused-ring (bicyclic) bond motifs is 1. The molecule has 0 saturated carbocycles. The molecule has 3 N–H and O–H groups in total. The van der Waals surface area contributed by atoms with Crippen LogP contribution in [0.5, 0.6) is 0 Å². The highest BCUT2D eigenvalue weighted by Crippen LogP contribution is 2.13. The summed E-state index contributed by atoms with van der Waals surface area (Å²) in [5, 5.41) is 0. The van der Waals surface area contributed by atoms with Crippen LogP contribution in [-0.4, -0.2) is 29.1 Å². The van der Waals surface area contributed by atoms with Gasteiger partial charge in [-0.2, -0.15) is 0 Å². The van der Waals surface area contributed by atoms with Crippen LogP contribution in [-0.2, 0) is 16.0 Å². The molecule has 0 amide bonds. The van der Waals surface area contributed by atoms with Crippen molar-refractivity contribution in [2.24, 2.45) is 5.73 Å². The summed E-state index contributed by atoms with van der Waals surface area (Å²) in [6.07, 6.45) is 0.348. The summed E-state index contributed by atoms with van der Waals surface area (Å²) in [7, 11) is 1.32. The van der Waals surface area contributed by atoms with E-state index in [1.54, 1.807) is 0 Å². The zero-order valence-electron chi connectivity index (χ0n) is 9.86. The molecule has 2 rings (SSSR count). The van der Waals surface area contributed by atoms with Gasteiger partial charge in [-0.05, 0) is 24.6 Å². The number of aryl methyl sites for hydroxylation is 1. The van der Waals surface area contributed by atoms with Gasteiger partial charge in [-0.1, -0.05) is 6.07 Å². The van der Waals surface area contributed by atoms with Crippen molar-refractivity contribution in [2.45, 2.75) is 19.4 Å². The fraction of sp³-hybridized carbons (Fsp3) is 0.333. The first-order valence-electron chi connectivity index (χ1n) is 5.39. The monoisotopic (exact) mass is 233 g/mol. The van der Waals surface area contributed by atoms with Gasteiger partial charge in [-0.3, -0.25) is 4.79 Å². The Labute approximate surface area is 99.0 Å². The van der Waals surface area contributed by atoms with Crippen molar-refractivity contribution in [1.29, 1.82) is 0 Å². The molecule has 90 valence electrons. The van der Waals surface area contributed by atoms with E-state index in [1.165, 1.54) is 7.11 Å². The first kappa shape index (κ1) is 11.6. The van der Waals surface area contributed by atoms with E-state index in [4.69, 9.17) is 5.73 Å². The average molecular weight is 233 g/mol. The van der Waals surface area contributed by atoms with E-state index in [0.29, 0.717) is 12.2 Å². The SMILES string of the molecule is COC(=O)C(N)Cc1nc2ccc(C)cc2[nH]1. The lowest BCUT2D eigenvalue weighted by atomic mass is 10.2. The summed E-state index contributed by atoms with van der Waals surface area (Å²) in [5.74, 6) is 0.269. The minimum absolute atomic E-state index is 0.348. The molecule has 0 saturated heterocycles. The van der Waals surface area contributed by atoms with Gasteiger partial charge in [-0.15, -0.1) is 0 Å². The number of ether oxygens (including phenoxy) is 1. The lowest BCUT2D eigenvalue weighted by Gasteiger charge is -2.06. The molecule has 1 heterocycles. The summed E-state index contributed by atoms with van der Waals surface area (Å²) in [6.45, 7) is 2.01. The summed E-state index contributed by atoms with van der Waals surface area (Å²) in [6, 6.07) is 5.26. The lowest BCUT2D eigenvalue weighted by molar-refractivity contribution is -0.142. The fourth-order valence-electron chi connectivity index (χ4n) is 1.72. The van der Waals surface area contributed by atoms with Crippen LogP contribution < -0.4 is 5.73 Å². The number of hydrogen-bond donors (Lipinski definition) is 2. The molecule has 1 aromatic carbocycles. The number of rotatable bonds is 3. The number of nitrogens with two attached hydrogens (primary N) is 1. The number of hydrogen-bond acceptors (Lipinski definition) is 4. The first-order chi connectivity index (χ1) is 8.10. The van der Waals surface area contributed by atoms with Crippen molar-refractivity contribution in [3.63, 3.8) is 0 Å². The number of nitrogens with zero attached hydrogens (tertiary/aromatic N) is 1. The lowest BCUT2D eigenvalue weighted by Crippen LogP contribution is -2.33. The van der Waals surface area contributed by atoms with Crippen molar-refractivity contribution in [3.05, 3.63) is 29.6 Å². The van der Waals surface area contributed by atoms with Crippen molar-refractivity contribution in [2.75, 3.05) is 7.11 Å². The second kappa shape index (κ2) is 4.55. The summed E-state index contributed by atoms with van der Waals surface area (Å²) >= 11 is 0. The van der Waals surface area contributed by atoms with E-state index in [0.717, 1.165) is 16.6 Å². The summed E-state index contributed by atoms with van der Waals surface area (Å²) in [5.41, 5.74) is 8.67. The van der Waals surface area contributed by atoms with Gasteiger partial charge in [0.1, 0.15) is 11.9 Å². The summed E-state index contributed by atoms with van der Waals surface area (Å²) < 4.78 is 4.57. The molecule has 0 aliphatic heterocycles. The van der Waals surface area contributed by atoms with Crippen LogP contribution in [0.25, 0.3) is 11.0 Å². The van der Waals surface area contributed by atoms with E-state index >= 15 is 0 Å². The van der Waals surface area contributed by atoms with Gasteiger partial charge in [0.25, 0.3) is 0 Å². The molecule has 0 aliphatic rings. The van der Waals surface area contributed by atoms with Crippen LogP contribution in [0.15, 0.2) is 18.2 Å². The molecule has 1 atom stereocenters. The highest BCUT2D eigenvalue weighted by molar-refractivity contribution is 5.77. The number of aromatic nitrogens is 2. The first-order valence-corrected chi connectivity index (χ1v) is 5.39. The second-order valence-corrected chi connectivity index (χ2v) is 4.04. The molecule has 0 aliphatic carbocycles. The van der Waals surface area contributed by atoms with Crippen molar-refractivity contribution in [3.8, 4) is 0 Å². The average Bonchev–Trinajstić information content (AvgIpc) is 2.69. The van der Waals surface area contributed by atoms with Crippen LogP contribution in [0.3, 0.4) is 0 Å². The van der Waals surface area contributed by atoms with Gasteiger partial charge >= 0.3 is 5.97 Å². The number of benzene rings is 1. The van der Waals surface area contributed by atoms with Gasteiger partial charge in [0.15, 0.2) is 0 Å². The number of esters is 1. The molecular weight excluding hydrogens is 218 g/mol. The molecule has 5 heteroatoms. The van der Waals surface area contributed by atoms with Gasteiger partial charge in [0.05, 0.1) is 18.1 Å². The molecule has 1 aromatic heterocycles. The summed E-state index contributed by atoms with van der Waals surface area (Å²) in [4.78, 5) is 18.7. The number of imidazole rings is 1. The topological polar surface area (TPSA) is 81.0 Å². The Morgan fingerprint density at radius 1 is 1.59 bits per heavy atom. The predicted octanol–water partition coefficient (Wildman–Crippen LogP) is 0.914. The molecule has 0 radical (unpaired) electrons. The number of aromatic amines is 1. The van der Waals surface area contributed by atoms with Gasteiger partial charge in [-0.25, -0.2) is 4.98 Å². The second-order valence-electron chi connectivity index (χ2n) is 4.04. The normalized spacial score (nSPS) is 12.6. The Kier molecular flexibility index (Phi) is 3.10. The Morgan fingerprint density at radius 2 is 2.35 bits per heavy atom. The van der Waals surface area contributed by atoms with Crippen LogP contribution in [0.4, 0.5) is 0 Å². The van der Waals surface area contributed by atoms with Crippen LogP contribution >= 0.6 is 0 Å². The Morgan fingerprint density at radius 3 is 3.06 bits per heavy atom. The van der Waals surface area contributed by atoms with Crippen LogP contribution in [0.1, 0.15) is 11.4 Å². The fourth-order valence-corrected chi connectivity index (χ4v) is 1.72. The highest BCUT2D eigenvalue weighted by Gasteiger charge is 2.16. The van der Waals surface area contributed by atoms with E-state index in [2.05, 4.69) is 14.7 Å². The van der Waals surface area contributed by atoms with Crippen LogP contribution in [0, 0.1) is 6.92 Å². The third-order valence-electron chi connectivity index (χ3n) is 2.60. The van der Waals surface area contributed by atoms with Crippen LogP contribution in [0.2, 0.25) is 0 Å². The molecular formula is C12H15N3O2. The van der Waals surface area contributed by atoms with E-state index in [1.807, 2.05) is 25.1 Å². The number of methoxy groups -OCH3 is 1. The third-order valence-corrected chi connectivity index (χ3v) is 2.60. The van der Waals surface area contributed by atoms with Crippen molar-refractivity contribution < 1.29 is 9.53 Å². The molecule has 0 bridgehead atoms. The van der Waals surface area contributed by atoms with E-state index < -0.39 is 12.0 Å². The van der Waals surface area contributed by atoms with Crippen molar-refractivity contribution in [1.82, 2.24) is 9.97 Å². The Balaban J connectivity index is 2.22. The zero-order chi connectivity index (χ0) is 12.4. The van der Waals surface area contributed by atoms with E-state index in [-0.39, 0.29) is 0 Å². The maximum absolute atomic E-state index is 11.2. The standard InChI is InChI=1S/C12H15N3O2/c1-7-3-4-9-10(5-7)15-11(14-9)6-8(13)12(16)17-2/h3-5,8H,6,13H2,1-2H3,(H,14,15). The third kappa shape index (κ3) is 2.45. The van der Waals surface area contributed by atoms with Gasteiger partial charge in [0, 0.05) is 6.42 Å². The van der Waals surface area contributed by atoms with E-state index in [9.17, 15) is 4.79 Å². The highest BCUT2D eigenvalue weighted by atomic mass is 16.5. The molecule has 5 nitrogen and oxygen atoms in total. The van der Waals surface area contributed by atoms with Gasteiger partial charge in [0.2, 0.25) is 0 Å². The van der Waals surface area contributed by atoms with Gasteiger partial charge < -0.3 is 15.5 Å². The largest absolute Gasteiger partial charge is 0.468 e.